The number of alkyl carbamates (subject to hydrolysis) is 1. The Hall–Kier alpha value is -6.01. The number of rotatable bonds is 15. The number of fused-ring (bicyclic) bond motifs is 1. The third kappa shape index (κ3) is 9.01. The molecule has 0 unspecified atom stereocenters. The van der Waals surface area contributed by atoms with Crippen molar-refractivity contribution in [1.82, 2.24) is 35.5 Å². The van der Waals surface area contributed by atoms with Gasteiger partial charge in [-0.05, 0) is 65.4 Å². The van der Waals surface area contributed by atoms with Gasteiger partial charge in [0.15, 0.2) is 0 Å². The molecule has 1 saturated heterocycles. The van der Waals surface area contributed by atoms with Crippen molar-refractivity contribution in [2.24, 2.45) is 0 Å². The third-order valence-corrected chi connectivity index (χ3v) is 9.54. The Morgan fingerprint density at radius 3 is 2.69 bits per heavy atom. The summed E-state index contributed by atoms with van der Waals surface area (Å²) >= 11 is 1.55. The second kappa shape index (κ2) is 16.8. The van der Waals surface area contributed by atoms with Gasteiger partial charge in [0.2, 0.25) is 0 Å². The van der Waals surface area contributed by atoms with E-state index in [2.05, 4.69) is 57.4 Å². The van der Waals surface area contributed by atoms with Gasteiger partial charge < -0.3 is 25.0 Å². The van der Waals surface area contributed by atoms with Crippen molar-refractivity contribution < 1.29 is 19.1 Å². The first kappa shape index (κ1) is 34.4. The number of ether oxygens (including phenoxy) is 2. The second-order valence-corrected chi connectivity index (χ2v) is 13.2. The lowest BCUT2D eigenvalue weighted by Gasteiger charge is -2.16. The topological polar surface area (TPSA) is 124 Å². The van der Waals surface area contributed by atoms with Crippen LogP contribution in [0.25, 0.3) is 39.2 Å². The van der Waals surface area contributed by atoms with Crippen LogP contribution in [-0.2, 0) is 17.8 Å². The number of thiazole rings is 1. The molecular weight excluding hydrogens is 675 g/mol. The first-order valence-corrected chi connectivity index (χ1v) is 18.2. The number of amides is 3. The van der Waals surface area contributed by atoms with Crippen LogP contribution in [0.2, 0.25) is 0 Å². The van der Waals surface area contributed by atoms with Crippen molar-refractivity contribution in [2.45, 2.75) is 25.9 Å². The van der Waals surface area contributed by atoms with Gasteiger partial charge in [-0.15, -0.1) is 16.4 Å². The average Bonchev–Trinajstić information content (AvgIpc) is 3.95. The number of aryl methyl sites for hydroxylation is 1. The van der Waals surface area contributed by atoms with Gasteiger partial charge in [-0.1, -0.05) is 78.0 Å². The zero-order chi connectivity index (χ0) is 35.5. The maximum atomic E-state index is 12.1. The van der Waals surface area contributed by atoms with Crippen LogP contribution in [0.5, 0.6) is 5.75 Å². The monoisotopic (exact) mass is 713 g/mol. The first-order valence-electron chi connectivity index (χ1n) is 17.4. The van der Waals surface area contributed by atoms with E-state index in [1.54, 1.807) is 20.9 Å². The number of nitrogens with zero attached hydrogens (tertiary/aromatic N) is 5. The summed E-state index contributed by atoms with van der Waals surface area (Å²) in [5.74, 6) is 0.652. The fraction of sp³-hybridized carbons (Fsp3) is 0.225. The maximum Gasteiger partial charge on any atom is 0.407 e. The minimum absolute atomic E-state index is 0.0748. The molecule has 1 aliphatic heterocycles. The average molecular weight is 714 g/mol. The number of hydrogen-bond donors (Lipinski definition) is 2. The molecule has 1 fully saturated rings. The summed E-state index contributed by atoms with van der Waals surface area (Å²) in [6.45, 7) is 2.86. The molecule has 4 aromatic carbocycles. The predicted molar refractivity (Wildman–Crippen MR) is 203 cm³/mol. The van der Waals surface area contributed by atoms with Crippen LogP contribution < -0.4 is 15.4 Å². The Labute approximate surface area is 305 Å². The molecule has 6 aromatic rings. The first-order chi connectivity index (χ1) is 25.6. The lowest BCUT2D eigenvalue weighted by atomic mass is 10.1. The van der Waals surface area contributed by atoms with Crippen molar-refractivity contribution in [3.8, 4) is 22.0 Å². The minimum atomic E-state index is -0.425. The molecule has 0 radical (unpaired) electrons. The van der Waals surface area contributed by atoms with E-state index in [9.17, 15) is 9.59 Å². The molecule has 0 bridgehead atoms. The Bertz CT molecular complexity index is 2160. The van der Waals surface area contributed by atoms with E-state index >= 15 is 0 Å². The standard InChI is InChI=1S/C40H39N7O4S/c48-39-41-20-21-46(39)22-23-50-37-25-35(47-26-33(44-45-47)12-6-7-19-42-40(49)51-27-30-8-2-1-3-9-30)17-18-36(37)38-43-34(28-52-38)16-14-29-13-15-31-10-4-5-11-32(31)24-29/h1-5,8-11,13-18,24-26,28H,6-7,12,19-23,27H2,(H,41,48)(H,42,49)/b16-14+. The predicted octanol–water partition coefficient (Wildman–Crippen LogP) is 7.37. The molecular formula is C40H39N7O4S. The van der Waals surface area contributed by atoms with E-state index < -0.39 is 6.09 Å². The van der Waals surface area contributed by atoms with E-state index in [4.69, 9.17) is 14.5 Å². The summed E-state index contributed by atoms with van der Waals surface area (Å²) in [5.41, 5.74) is 5.42. The highest BCUT2D eigenvalue weighted by atomic mass is 32.1. The third-order valence-electron chi connectivity index (χ3n) is 8.65. The molecule has 0 saturated carbocycles. The molecule has 7 rings (SSSR count). The van der Waals surface area contributed by atoms with E-state index in [1.807, 2.05) is 78.3 Å². The van der Waals surface area contributed by atoms with E-state index in [1.165, 1.54) is 10.8 Å². The molecule has 2 N–H and O–H groups in total. The van der Waals surface area contributed by atoms with Crippen molar-refractivity contribution in [1.29, 1.82) is 0 Å². The second-order valence-electron chi connectivity index (χ2n) is 12.4. The van der Waals surface area contributed by atoms with Gasteiger partial charge in [-0.3, -0.25) is 0 Å². The summed E-state index contributed by atoms with van der Waals surface area (Å²) in [6, 6.07) is 30.2. The highest BCUT2D eigenvalue weighted by molar-refractivity contribution is 7.13. The van der Waals surface area contributed by atoms with Crippen LogP contribution >= 0.6 is 11.3 Å². The van der Waals surface area contributed by atoms with Gasteiger partial charge in [0, 0.05) is 31.1 Å². The van der Waals surface area contributed by atoms with E-state index in [-0.39, 0.29) is 12.6 Å². The Kier molecular flexibility index (Phi) is 11.1. The van der Waals surface area contributed by atoms with Gasteiger partial charge in [0.25, 0.3) is 0 Å². The Morgan fingerprint density at radius 2 is 1.83 bits per heavy atom. The van der Waals surface area contributed by atoms with Crippen molar-refractivity contribution >= 4 is 46.4 Å². The van der Waals surface area contributed by atoms with Crippen LogP contribution in [0.3, 0.4) is 0 Å². The highest BCUT2D eigenvalue weighted by Gasteiger charge is 2.20. The fourth-order valence-electron chi connectivity index (χ4n) is 5.85. The number of nitrogens with one attached hydrogen (secondary N) is 2. The minimum Gasteiger partial charge on any atom is -0.491 e. The maximum absolute atomic E-state index is 12.1. The Morgan fingerprint density at radius 1 is 0.962 bits per heavy atom. The van der Waals surface area contributed by atoms with Crippen LogP contribution in [0.1, 0.15) is 35.4 Å². The molecule has 264 valence electrons. The molecule has 3 heterocycles. The highest BCUT2D eigenvalue weighted by Crippen LogP contribution is 2.35. The number of hydrogen-bond acceptors (Lipinski definition) is 8. The number of benzene rings is 4. The van der Waals surface area contributed by atoms with E-state index in [0.717, 1.165) is 51.6 Å². The number of carbonyl (C=O) groups excluding carboxylic acids is 2. The summed E-state index contributed by atoms with van der Waals surface area (Å²) < 4.78 is 13.3. The number of urea groups is 1. The lowest BCUT2D eigenvalue weighted by molar-refractivity contribution is 0.139. The number of unbranched alkanes of at least 4 members (excludes halogenated alkanes) is 1. The summed E-state index contributed by atoms with van der Waals surface area (Å²) in [5, 5.41) is 19.7. The van der Waals surface area contributed by atoms with Gasteiger partial charge in [0.05, 0.1) is 35.4 Å². The largest absolute Gasteiger partial charge is 0.491 e. The Balaban J connectivity index is 0.982. The van der Waals surface area contributed by atoms with Crippen LogP contribution in [0.15, 0.2) is 103 Å². The van der Waals surface area contributed by atoms with Crippen molar-refractivity contribution in [2.75, 3.05) is 32.8 Å². The zero-order valence-electron chi connectivity index (χ0n) is 28.6. The number of aromatic nitrogens is 4. The quantitative estimate of drug-likeness (QED) is 0.107. The molecule has 0 spiro atoms. The van der Waals surface area contributed by atoms with Crippen molar-refractivity contribution in [3.63, 3.8) is 0 Å². The molecule has 52 heavy (non-hydrogen) atoms. The smallest absolute Gasteiger partial charge is 0.407 e. The molecule has 0 atom stereocenters. The molecule has 2 aromatic heterocycles. The van der Waals surface area contributed by atoms with Crippen LogP contribution in [0, 0.1) is 0 Å². The summed E-state index contributed by atoms with van der Waals surface area (Å²) in [7, 11) is 0. The molecule has 12 heteroatoms. The summed E-state index contributed by atoms with van der Waals surface area (Å²) in [6.07, 6.45) is 7.91. The van der Waals surface area contributed by atoms with Gasteiger partial charge in [0.1, 0.15) is 24.0 Å². The number of carbonyl (C=O) groups is 2. The fourth-order valence-corrected chi connectivity index (χ4v) is 6.67. The molecule has 0 aliphatic carbocycles. The van der Waals surface area contributed by atoms with Gasteiger partial charge in [-0.25, -0.2) is 19.3 Å². The van der Waals surface area contributed by atoms with Crippen LogP contribution in [0.4, 0.5) is 9.59 Å². The van der Waals surface area contributed by atoms with E-state index in [0.29, 0.717) is 45.0 Å². The lowest BCUT2D eigenvalue weighted by Crippen LogP contribution is -2.31. The zero-order valence-corrected chi connectivity index (χ0v) is 29.4. The normalized spacial score (nSPS) is 12.8. The van der Waals surface area contributed by atoms with Gasteiger partial charge >= 0.3 is 12.1 Å². The molecule has 1 aliphatic rings. The molecule has 11 nitrogen and oxygen atoms in total. The SMILES string of the molecule is O=C(NCCCCc1cn(-c2ccc(-c3nc(/C=C/c4ccc5ccccc5c4)cs3)c(OCCN3CCNC3=O)c2)nn1)OCc1ccccc1. The molecule has 3 amide bonds. The van der Waals surface area contributed by atoms with Crippen molar-refractivity contribution in [3.05, 3.63) is 125 Å². The van der Waals surface area contributed by atoms with Gasteiger partial charge in [-0.2, -0.15) is 0 Å². The summed E-state index contributed by atoms with van der Waals surface area (Å²) in [4.78, 5) is 30.8. The van der Waals surface area contributed by atoms with Crippen LogP contribution in [-0.4, -0.2) is 69.8 Å².